The Balaban J connectivity index is 1.93. The first-order chi connectivity index (χ1) is 7.78. The van der Waals surface area contributed by atoms with Crippen molar-refractivity contribution < 1.29 is 4.74 Å². The quantitative estimate of drug-likeness (QED) is 0.803. The molecule has 88 valence electrons. The summed E-state index contributed by atoms with van der Waals surface area (Å²) in [5.41, 5.74) is 5.86. The normalized spacial score (nSPS) is 25.1. The summed E-state index contributed by atoms with van der Waals surface area (Å²) < 4.78 is 5.03. The predicted molar refractivity (Wildman–Crippen MR) is 62.4 cm³/mol. The smallest absolute Gasteiger partial charge is 0.233 e. The largest absolute Gasteiger partial charge is 0.480 e. The molecule has 5 nitrogen and oxygen atoms in total. The highest BCUT2D eigenvalue weighted by molar-refractivity contribution is 5.34. The minimum atomic E-state index is 0.370. The van der Waals surface area contributed by atoms with Gasteiger partial charge in [0.25, 0.3) is 0 Å². The molecule has 16 heavy (non-hydrogen) atoms. The number of anilines is 1. The number of rotatable bonds is 3. The molecule has 1 heterocycles. The van der Waals surface area contributed by atoms with Crippen molar-refractivity contribution in [3.8, 4) is 5.88 Å². The van der Waals surface area contributed by atoms with Crippen molar-refractivity contribution in [1.29, 1.82) is 0 Å². The molecule has 0 unspecified atom stereocenters. The third-order valence-electron chi connectivity index (χ3n) is 2.95. The van der Waals surface area contributed by atoms with Crippen LogP contribution in [0.25, 0.3) is 0 Å². The Morgan fingerprint density at radius 1 is 1.31 bits per heavy atom. The maximum atomic E-state index is 5.86. The fraction of sp³-hybridized carbons (Fsp3) is 0.636. The fourth-order valence-corrected chi connectivity index (χ4v) is 1.99. The van der Waals surface area contributed by atoms with E-state index in [1.165, 1.54) is 0 Å². The third-order valence-corrected chi connectivity index (χ3v) is 2.95. The molecular formula is C11H18N4O. The number of nitrogens with zero attached hydrogens (tertiary/aromatic N) is 2. The highest BCUT2D eigenvalue weighted by Crippen LogP contribution is 2.20. The summed E-state index contributed by atoms with van der Waals surface area (Å²) in [4.78, 5) is 8.34. The monoisotopic (exact) mass is 222 g/mol. The van der Waals surface area contributed by atoms with E-state index in [4.69, 9.17) is 10.5 Å². The molecule has 0 saturated heterocycles. The molecule has 0 bridgehead atoms. The Bertz CT molecular complexity index is 337. The molecule has 3 N–H and O–H groups in total. The van der Waals surface area contributed by atoms with Crippen LogP contribution in [-0.2, 0) is 0 Å². The SMILES string of the molecule is COc1cncc(NC2CCC(N)CC2)n1. The van der Waals surface area contributed by atoms with Gasteiger partial charge in [-0.05, 0) is 25.7 Å². The molecule has 2 rings (SSSR count). The first-order valence-electron chi connectivity index (χ1n) is 5.66. The lowest BCUT2D eigenvalue weighted by molar-refractivity contribution is 0.393. The van der Waals surface area contributed by atoms with Crippen molar-refractivity contribution in [2.45, 2.75) is 37.8 Å². The molecule has 0 aliphatic heterocycles. The molecule has 1 aliphatic carbocycles. The van der Waals surface area contributed by atoms with E-state index in [0.29, 0.717) is 18.0 Å². The average Bonchev–Trinajstić information content (AvgIpc) is 2.32. The van der Waals surface area contributed by atoms with Gasteiger partial charge in [0.15, 0.2) is 0 Å². The summed E-state index contributed by atoms with van der Waals surface area (Å²) in [5.74, 6) is 1.32. The fourth-order valence-electron chi connectivity index (χ4n) is 1.99. The van der Waals surface area contributed by atoms with Crippen LogP contribution < -0.4 is 15.8 Å². The Morgan fingerprint density at radius 2 is 2.06 bits per heavy atom. The second-order valence-electron chi connectivity index (χ2n) is 4.20. The summed E-state index contributed by atoms with van der Waals surface area (Å²) in [7, 11) is 1.59. The van der Waals surface area contributed by atoms with Crippen molar-refractivity contribution in [3.05, 3.63) is 12.4 Å². The molecule has 0 aromatic carbocycles. The number of nitrogens with one attached hydrogen (secondary N) is 1. The van der Waals surface area contributed by atoms with Gasteiger partial charge < -0.3 is 15.8 Å². The molecule has 0 atom stereocenters. The van der Waals surface area contributed by atoms with Gasteiger partial charge in [0.05, 0.1) is 19.5 Å². The molecule has 0 amide bonds. The number of methoxy groups -OCH3 is 1. The summed E-state index contributed by atoms with van der Waals surface area (Å²) >= 11 is 0. The van der Waals surface area contributed by atoms with Gasteiger partial charge in [0.2, 0.25) is 5.88 Å². The van der Waals surface area contributed by atoms with Gasteiger partial charge in [-0.2, -0.15) is 4.98 Å². The van der Waals surface area contributed by atoms with E-state index in [-0.39, 0.29) is 0 Å². The summed E-state index contributed by atoms with van der Waals surface area (Å²) in [6, 6.07) is 0.829. The number of hydrogen-bond donors (Lipinski definition) is 2. The number of aromatic nitrogens is 2. The van der Waals surface area contributed by atoms with Crippen molar-refractivity contribution in [3.63, 3.8) is 0 Å². The Morgan fingerprint density at radius 3 is 2.75 bits per heavy atom. The molecule has 1 aromatic heterocycles. The zero-order chi connectivity index (χ0) is 11.4. The van der Waals surface area contributed by atoms with E-state index in [9.17, 15) is 0 Å². The van der Waals surface area contributed by atoms with Gasteiger partial charge in [0, 0.05) is 12.1 Å². The van der Waals surface area contributed by atoms with Crippen LogP contribution in [-0.4, -0.2) is 29.2 Å². The Labute approximate surface area is 95.4 Å². The summed E-state index contributed by atoms with van der Waals surface area (Å²) in [5, 5.41) is 3.37. The molecule has 1 aliphatic rings. The molecule has 1 fully saturated rings. The van der Waals surface area contributed by atoms with Crippen LogP contribution in [0.15, 0.2) is 12.4 Å². The van der Waals surface area contributed by atoms with E-state index in [1.807, 2.05) is 0 Å². The number of ether oxygens (including phenoxy) is 1. The highest BCUT2D eigenvalue weighted by Gasteiger charge is 2.18. The van der Waals surface area contributed by atoms with Crippen molar-refractivity contribution >= 4 is 5.82 Å². The summed E-state index contributed by atoms with van der Waals surface area (Å²) in [6.45, 7) is 0. The minimum absolute atomic E-state index is 0.370. The lowest BCUT2D eigenvalue weighted by Gasteiger charge is -2.27. The van der Waals surface area contributed by atoms with Crippen LogP contribution in [0.2, 0.25) is 0 Å². The average molecular weight is 222 g/mol. The zero-order valence-corrected chi connectivity index (χ0v) is 9.52. The van der Waals surface area contributed by atoms with E-state index >= 15 is 0 Å². The second-order valence-corrected chi connectivity index (χ2v) is 4.20. The third kappa shape index (κ3) is 2.82. The minimum Gasteiger partial charge on any atom is -0.480 e. The van der Waals surface area contributed by atoms with Gasteiger partial charge in [0.1, 0.15) is 5.82 Å². The first-order valence-corrected chi connectivity index (χ1v) is 5.66. The van der Waals surface area contributed by atoms with Crippen LogP contribution >= 0.6 is 0 Å². The molecule has 0 spiro atoms. The first kappa shape index (κ1) is 11.1. The van der Waals surface area contributed by atoms with Crippen molar-refractivity contribution in [1.82, 2.24) is 9.97 Å². The number of hydrogen-bond acceptors (Lipinski definition) is 5. The zero-order valence-electron chi connectivity index (χ0n) is 9.52. The van der Waals surface area contributed by atoms with Gasteiger partial charge in [-0.25, -0.2) is 0 Å². The van der Waals surface area contributed by atoms with Crippen LogP contribution in [0.1, 0.15) is 25.7 Å². The van der Waals surface area contributed by atoms with Crippen LogP contribution in [0.5, 0.6) is 5.88 Å². The van der Waals surface area contributed by atoms with Crippen LogP contribution in [0.3, 0.4) is 0 Å². The summed E-state index contributed by atoms with van der Waals surface area (Å²) in [6.07, 6.45) is 7.67. The van der Waals surface area contributed by atoms with Gasteiger partial charge in [-0.1, -0.05) is 0 Å². The maximum absolute atomic E-state index is 5.86. The van der Waals surface area contributed by atoms with Gasteiger partial charge >= 0.3 is 0 Å². The highest BCUT2D eigenvalue weighted by atomic mass is 16.5. The number of nitrogens with two attached hydrogens (primary N) is 1. The van der Waals surface area contributed by atoms with Gasteiger partial charge in [-0.3, -0.25) is 4.98 Å². The van der Waals surface area contributed by atoms with Gasteiger partial charge in [-0.15, -0.1) is 0 Å². The molecular weight excluding hydrogens is 204 g/mol. The Kier molecular flexibility index (Phi) is 3.56. The lowest BCUT2D eigenvalue weighted by atomic mass is 9.92. The Hall–Kier alpha value is -1.36. The van der Waals surface area contributed by atoms with Crippen molar-refractivity contribution in [2.24, 2.45) is 5.73 Å². The standard InChI is InChI=1S/C11H18N4O/c1-16-11-7-13-6-10(15-11)14-9-4-2-8(12)3-5-9/h6-9H,2-5,12H2,1H3,(H,14,15). The second kappa shape index (κ2) is 5.12. The molecule has 1 saturated carbocycles. The lowest BCUT2D eigenvalue weighted by Crippen LogP contribution is -2.33. The van der Waals surface area contributed by atoms with Crippen LogP contribution in [0, 0.1) is 0 Å². The maximum Gasteiger partial charge on any atom is 0.233 e. The molecule has 1 aromatic rings. The van der Waals surface area contributed by atoms with Crippen molar-refractivity contribution in [2.75, 3.05) is 12.4 Å². The van der Waals surface area contributed by atoms with E-state index < -0.39 is 0 Å². The molecule has 0 radical (unpaired) electrons. The van der Waals surface area contributed by atoms with E-state index in [1.54, 1.807) is 19.5 Å². The van der Waals surface area contributed by atoms with E-state index in [0.717, 1.165) is 31.5 Å². The molecule has 5 heteroatoms. The van der Waals surface area contributed by atoms with E-state index in [2.05, 4.69) is 15.3 Å². The predicted octanol–water partition coefficient (Wildman–Crippen LogP) is 1.17. The topological polar surface area (TPSA) is 73.1 Å². The van der Waals surface area contributed by atoms with Crippen LogP contribution in [0.4, 0.5) is 5.82 Å².